The SMILES string of the molecule is COc1cc(CO)cc(I)c1O[C@H]1C=C(C(=O)NCCO)C[C@@H](N(CC23CC4CC(CC(C4)C2)C3)C(=O)c2cc3ccccc3oc2=O)[C@@H]1O. The molecule has 4 saturated carbocycles. The van der Waals surface area contributed by atoms with Crippen LogP contribution >= 0.6 is 22.6 Å². The zero-order valence-electron chi connectivity index (χ0n) is 28.0. The number of carbonyl (C=O) groups excluding carboxylic acids is 2. The molecule has 0 saturated heterocycles. The molecular formula is C38H43IN2O9. The zero-order valence-corrected chi connectivity index (χ0v) is 30.1. The van der Waals surface area contributed by atoms with Gasteiger partial charge in [0.25, 0.3) is 5.91 Å². The molecule has 4 N–H and O–H groups in total. The predicted octanol–water partition coefficient (Wildman–Crippen LogP) is 4.17. The Hall–Kier alpha value is -3.46. The topological polar surface area (TPSA) is 159 Å². The largest absolute Gasteiger partial charge is 0.493 e. The number of aliphatic hydroxyl groups excluding tert-OH is 3. The first kappa shape index (κ1) is 35.0. The summed E-state index contributed by atoms with van der Waals surface area (Å²) in [6.45, 7) is -0.114. The Balaban J connectivity index is 1.31. The highest BCUT2D eigenvalue weighted by molar-refractivity contribution is 14.1. The molecule has 2 aromatic carbocycles. The van der Waals surface area contributed by atoms with Crippen molar-refractivity contribution in [3.8, 4) is 11.5 Å². The molecule has 5 aliphatic rings. The van der Waals surface area contributed by atoms with Gasteiger partial charge >= 0.3 is 5.63 Å². The number of aliphatic hydroxyl groups is 3. The Morgan fingerprint density at radius 3 is 2.42 bits per heavy atom. The number of amides is 2. The predicted molar refractivity (Wildman–Crippen MR) is 193 cm³/mol. The molecule has 50 heavy (non-hydrogen) atoms. The first-order valence-corrected chi connectivity index (χ1v) is 18.4. The second kappa shape index (κ2) is 14.3. The van der Waals surface area contributed by atoms with Crippen LogP contribution in [0.1, 0.15) is 60.9 Å². The van der Waals surface area contributed by atoms with E-state index in [0.717, 1.165) is 19.3 Å². The third-order valence-electron chi connectivity index (χ3n) is 11.1. The van der Waals surface area contributed by atoms with E-state index in [0.29, 0.717) is 55.9 Å². The van der Waals surface area contributed by atoms with E-state index in [1.165, 1.54) is 26.4 Å². The van der Waals surface area contributed by atoms with Crippen molar-refractivity contribution in [1.29, 1.82) is 0 Å². The van der Waals surface area contributed by atoms with Crippen LogP contribution in [0.15, 0.2) is 63.3 Å². The Morgan fingerprint density at radius 1 is 1.06 bits per heavy atom. The molecule has 4 bridgehead atoms. The van der Waals surface area contributed by atoms with Crippen LogP contribution in [0.3, 0.4) is 0 Å². The standard InChI is InChI=1S/C38H43IN2O9/c1-48-32-12-24(19-43)11-28(39)34(32)49-31-15-26(35(45)40-6-7-42)14-29(33(31)44)41(20-38-16-21-8-22(17-38)10-23(9-21)18-38)36(46)27-13-25-4-2-3-5-30(25)50-37(27)47/h2-5,11-13,15,21-23,29,31,33,42-44H,6-10,14,16-20H2,1H3,(H,40,45)/t21?,22?,23?,29-,31+,33+,38?/m1/s1. The number of ether oxygens (including phenoxy) is 2. The summed E-state index contributed by atoms with van der Waals surface area (Å²) in [4.78, 5) is 43.4. The van der Waals surface area contributed by atoms with Crippen molar-refractivity contribution in [3.63, 3.8) is 0 Å². The molecule has 1 heterocycles. The summed E-state index contributed by atoms with van der Waals surface area (Å²) in [5.41, 5.74) is 0.207. The van der Waals surface area contributed by atoms with Gasteiger partial charge in [0.15, 0.2) is 11.5 Å². The van der Waals surface area contributed by atoms with E-state index < -0.39 is 35.7 Å². The molecule has 12 heteroatoms. The molecule has 0 aliphatic heterocycles. The van der Waals surface area contributed by atoms with Crippen molar-refractivity contribution < 1.29 is 38.8 Å². The summed E-state index contributed by atoms with van der Waals surface area (Å²) in [6, 6.07) is 11.0. The van der Waals surface area contributed by atoms with Gasteiger partial charge in [-0.1, -0.05) is 18.2 Å². The van der Waals surface area contributed by atoms with E-state index in [1.807, 2.05) is 0 Å². The lowest BCUT2D eigenvalue weighted by Crippen LogP contribution is -2.60. The quantitative estimate of drug-likeness (QED) is 0.165. The summed E-state index contributed by atoms with van der Waals surface area (Å²) in [7, 11) is 1.48. The molecular weight excluding hydrogens is 755 g/mol. The van der Waals surface area contributed by atoms with Crippen molar-refractivity contribution in [2.75, 3.05) is 26.8 Å². The number of carbonyl (C=O) groups is 2. The molecule has 0 radical (unpaired) electrons. The Labute approximate surface area is 303 Å². The molecule has 0 unspecified atom stereocenters. The summed E-state index contributed by atoms with van der Waals surface area (Å²) in [5, 5.41) is 34.7. The first-order chi connectivity index (χ1) is 24.1. The van der Waals surface area contributed by atoms with Crippen LogP contribution in [0, 0.1) is 26.7 Å². The van der Waals surface area contributed by atoms with Crippen LogP contribution < -0.4 is 20.4 Å². The average molecular weight is 799 g/mol. The Morgan fingerprint density at radius 2 is 1.76 bits per heavy atom. The number of fused-ring (bicyclic) bond motifs is 1. The fraction of sp³-hybridized carbons (Fsp3) is 0.500. The number of rotatable bonds is 11. The second-order valence-corrected chi connectivity index (χ2v) is 15.8. The van der Waals surface area contributed by atoms with Gasteiger partial charge < -0.3 is 39.4 Å². The maximum Gasteiger partial charge on any atom is 0.349 e. The summed E-state index contributed by atoms with van der Waals surface area (Å²) in [6.07, 6.45) is 5.72. The van der Waals surface area contributed by atoms with E-state index in [2.05, 4.69) is 27.9 Å². The van der Waals surface area contributed by atoms with Gasteiger partial charge in [0, 0.05) is 30.5 Å². The third-order valence-corrected chi connectivity index (χ3v) is 11.9. The van der Waals surface area contributed by atoms with Crippen LogP contribution in [0.5, 0.6) is 11.5 Å². The van der Waals surface area contributed by atoms with Crippen molar-refractivity contribution in [2.45, 2.75) is 69.8 Å². The van der Waals surface area contributed by atoms with Gasteiger partial charge in [0.1, 0.15) is 23.4 Å². The van der Waals surface area contributed by atoms with Crippen LogP contribution in [-0.4, -0.2) is 77.1 Å². The highest BCUT2D eigenvalue weighted by atomic mass is 127. The molecule has 3 atom stereocenters. The second-order valence-electron chi connectivity index (χ2n) is 14.6. The molecule has 11 nitrogen and oxygen atoms in total. The number of hydrogen-bond donors (Lipinski definition) is 4. The number of para-hydroxylation sites is 1. The van der Waals surface area contributed by atoms with Gasteiger partial charge in [0.2, 0.25) is 5.91 Å². The molecule has 2 amide bonds. The normalized spacial score (nSPS) is 28.3. The van der Waals surface area contributed by atoms with Crippen LogP contribution in [-0.2, 0) is 11.4 Å². The van der Waals surface area contributed by atoms with Crippen LogP contribution in [0.25, 0.3) is 11.0 Å². The Kier molecular flexibility index (Phi) is 9.99. The monoisotopic (exact) mass is 798 g/mol. The lowest BCUT2D eigenvalue weighted by molar-refractivity contribution is -0.118. The molecule has 3 aromatic rings. The van der Waals surface area contributed by atoms with Crippen LogP contribution in [0.4, 0.5) is 0 Å². The maximum atomic E-state index is 14.8. The summed E-state index contributed by atoms with van der Waals surface area (Å²) >= 11 is 2.07. The van der Waals surface area contributed by atoms with Gasteiger partial charge in [-0.05, 0) is 120 Å². The van der Waals surface area contributed by atoms with Crippen LogP contribution in [0.2, 0.25) is 0 Å². The molecule has 5 aliphatic carbocycles. The number of nitrogens with one attached hydrogen (secondary N) is 1. The molecule has 0 spiro atoms. The highest BCUT2D eigenvalue weighted by Crippen LogP contribution is 2.60. The maximum absolute atomic E-state index is 14.8. The number of methoxy groups -OCH3 is 1. The van der Waals surface area contributed by atoms with Crippen molar-refractivity contribution in [3.05, 3.63) is 79.2 Å². The summed E-state index contributed by atoms with van der Waals surface area (Å²) < 4.78 is 18.3. The average Bonchev–Trinajstić information content (AvgIpc) is 3.09. The van der Waals surface area contributed by atoms with Gasteiger partial charge in [-0.3, -0.25) is 9.59 Å². The van der Waals surface area contributed by atoms with E-state index in [9.17, 15) is 29.7 Å². The van der Waals surface area contributed by atoms with Crippen molar-refractivity contribution in [1.82, 2.24) is 10.2 Å². The first-order valence-electron chi connectivity index (χ1n) is 17.4. The molecule has 1 aromatic heterocycles. The minimum atomic E-state index is -1.30. The summed E-state index contributed by atoms with van der Waals surface area (Å²) in [5.74, 6) is 1.42. The van der Waals surface area contributed by atoms with Gasteiger partial charge in [0.05, 0.1) is 29.9 Å². The number of benzene rings is 2. The lowest BCUT2D eigenvalue weighted by atomic mass is 9.49. The molecule has 8 rings (SSSR count). The lowest BCUT2D eigenvalue weighted by Gasteiger charge is -2.58. The third kappa shape index (κ3) is 6.79. The smallest absolute Gasteiger partial charge is 0.349 e. The van der Waals surface area contributed by atoms with Crippen molar-refractivity contribution >= 4 is 45.4 Å². The van der Waals surface area contributed by atoms with E-state index >= 15 is 0 Å². The zero-order chi connectivity index (χ0) is 35.2. The fourth-order valence-corrected chi connectivity index (χ4v) is 10.2. The molecule has 4 fully saturated rings. The van der Waals surface area contributed by atoms with Gasteiger partial charge in [-0.15, -0.1) is 0 Å². The molecule has 266 valence electrons. The fourth-order valence-electron chi connectivity index (χ4n) is 9.44. The van der Waals surface area contributed by atoms with Crippen molar-refractivity contribution in [2.24, 2.45) is 23.2 Å². The number of hydrogen-bond acceptors (Lipinski definition) is 9. The minimum Gasteiger partial charge on any atom is -0.493 e. The minimum absolute atomic E-state index is 0.00693. The van der Waals surface area contributed by atoms with Gasteiger partial charge in [-0.2, -0.15) is 0 Å². The van der Waals surface area contributed by atoms with Gasteiger partial charge in [-0.25, -0.2) is 4.79 Å². The highest BCUT2D eigenvalue weighted by Gasteiger charge is 2.53. The number of halogens is 1. The van der Waals surface area contributed by atoms with E-state index in [4.69, 9.17) is 13.9 Å². The Bertz CT molecular complexity index is 1840. The number of nitrogens with zero attached hydrogens (tertiary/aromatic N) is 1. The van der Waals surface area contributed by atoms with E-state index in [-0.39, 0.29) is 42.7 Å². The van der Waals surface area contributed by atoms with E-state index in [1.54, 1.807) is 53.4 Å².